The SMILES string of the molecule is O=C(CN(CCc1ccccc1)S(=O)(=O)c1ccc(Cl)cc1)N1CCN(C(c2ccccc2)c2ccccc2)CC1. The second kappa shape index (κ2) is 13.4. The van der Waals surface area contributed by atoms with E-state index in [4.69, 9.17) is 11.6 Å². The molecular formula is C33H34ClN3O3S. The van der Waals surface area contributed by atoms with Gasteiger partial charge in [-0.3, -0.25) is 9.69 Å². The van der Waals surface area contributed by atoms with Crippen LogP contribution in [-0.2, 0) is 21.2 Å². The lowest BCUT2D eigenvalue weighted by molar-refractivity contribution is -0.133. The maximum atomic E-state index is 13.6. The van der Waals surface area contributed by atoms with Crippen molar-refractivity contribution in [2.45, 2.75) is 17.4 Å². The summed E-state index contributed by atoms with van der Waals surface area (Å²) in [6.07, 6.45) is 0.505. The van der Waals surface area contributed by atoms with Crippen LogP contribution < -0.4 is 0 Å². The topological polar surface area (TPSA) is 60.9 Å². The van der Waals surface area contributed by atoms with Crippen LogP contribution in [0.1, 0.15) is 22.7 Å². The van der Waals surface area contributed by atoms with Crippen LogP contribution in [0.3, 0.4) is 0 Å². The molecular weight excluding hydrogens is 554 g/mol. The zero-order valence-electron chi connectivity index (χ0n) is 22.8. The van der Waals surface area contributed by atoms with E-state index in [1.165, 1.54) is 27.6 Å². The molecule has 1 saturated heterocycles. The van der Waals surface area contributed by atoms with Crippen molar-refractivity contribution in [1.29, 1.82) is 0 Å². The minimum atomic E-state index is -3.90. The number of amides is 1. The first-order valence-corrected chi connectivity index (χ1v) is 15.6. The van der Waals surface area contributed by atoms with Crippen LogP contribution in [0.5, 0.6) is 0 Å². The largest absolute Gasteiger partial charge is 0.339 e. The molecule has 0 radical (unpaired) electrons. The van der Waals surface area contributed by atoms with Crippen LogP contribution in [0.25, 0.3) is 0 Å². The molecule has 0 aromatic heterocycles. The van der Waals surface area contributed by atoms with Gasteiger partial charge in [0.15, 0.2) is 0 Å². The van der Waals surface area contributed by atoms with E-state index in [1.807, 2.05) is 42.5 Å². The van der Waals surface area contributed by atoms with Gasteiger partial charge in [-0.05, 0) is 47.4 Å². The van der Waals surface area contributed by atoms with Gasteiger partial charge < -0.3 is 4.90 Å². The fourth-order valence-electron chi connectivity index (χ4n) is 5.30. The Labute approximate surface area is 247 Å². The molecule has 1 amide bonds. The number of carbonyl (C=O) groups excluding carboxylic acids is 1. The molecule has 8 heteroatoms. The molecule has 0 bridgehead atoms. The summed E-state index contributed by atoms with van der Waals surface area (Å²) in [5.41, 5.74) is 3.43. The van der Waals surface area contributed by atoms with Gasteiger partial charge in [-0.1, -0.05) is 103 Å². The summed E-state index contributed by atoms with van der Waals surface area (Å²) in [6.45, 7) is 2.43. The fourth-order valence-corrected chi connectivity index (χ4v) is 6.82. The average Bonchev–Trinajstić information content (AvgIpc) is 3.01. The van der Waals surface area contributed by atoms with E-state index >= 15 is 0 Å². The Hall–Kier alpha value is -3.49. The second-order valence-electron chi connectivity index (χ2n) is 10.2. The van der Waals surface area contributed by atoms with Gasteiger partial charge in [0.05, 0.1) is 17.5 Å². The smallest absolute Gasteiger partial charge is 0.243 e. The Bertz CT molecular complexity index is 1470. The zero-order valence-corrected chi connectivity index (χ0v) is 24.4. The summed E-state index contributed by atoms with van der Waals surface area (Å²) in [7, 11) is -3.90. The molecule has 0 N–H and O–H groups in total. The van der Waals surface area contributed by atoms with E-state index in [0.29, 0.717) is 37.6 Å². The molecule has 1 fully saturated rings. The Balaban J connectivity index is 1.30. The van der Waals surface area contributed by atoms with E-state index < -0.39 is 10.0 Å². The Morgan fingerprint density at radius 3 is 1.78 bits per heavy atom. The second-order valence-corrected chi connectivity index (χ2v) is 12.5. The fraction of sp³-hybridized carbons (Fsp3) is 0.242. The quantitative estimate of drug-likeness (QED) is 0.246. The molecule has 0 unspecified atom stereocenters. The van der Waals surface area contributed by atoms with Crippen molar-refractivity contribution in [2.75, 3.05) is 39.3 Å². The van der Waals surface area contributed by atoms with E-state index in [-0.39, 0.29) is 29.9 Å². The molecule has 1 heterocycles. The molecule has 212 valence electrons. The summed E-state index contributed by atoms with van der Waals surface area (Å²) in [5.74, 6) is -0.189. The average molecular weight is 588 g/mol. The highest BCUT2D eigenvalue weighted by Crippen LogP contribution is 2.29. The predicted octanol–water partition coefficient (Wildman–Crippen LogP) is 5.51. The van der Waals surface area contributed by atoms with Gasteiger partial charge in [-0.2, -0.15) is 4.31 Å². The number of benzene rings is 4. The van der Waals surface area contributed by atoms with Gasteiger partial charge in [0, 0.05) is 37.7 Å². The lowest BCUT2D eigenvalue weighted by atomic mass is 9.96. The van der Waals surface area contributed by atoms with Gasteiger partial charge in [-0.15, -0.1) is 0 Å². The molecule has 1 aliphatic heterocycles. The Morgan fingerprint density at radius 1 is 0.732 bits per heavy atom. The number of hydrogen-bond acceptors (Lipinski definition) is 4. The third-order valence-electron chi connectivity index (χ3n) is 7.52. The number of halogens is 1. The maximum Gasteiger partial charge on any atom is 0.243 e. The minimum Gasteiger partial charge on any atom is -0.339 e. The van der Waals surface area contributed by atoms with Crippen molar-refractivity contribution < 1.29 is 13.2 Å². The lowest BCUT2D eigenvalue weighted by Crippen LogP contribution is -2.52. The molecule has 0 atom stereocenters. The highest BCUT2D eigenvalue weighted by atomic mass is 35.5. The molecule has 0 spiro atoms. The van der Waals surface area contributed by atoms with Gasteiger partial charge in [0.1, 0.15) is 0 Å². The maximum absolute atomic E-state index is 13.6. The molecule has 5 rings (SSSR count). The van der Waals surface area contributed by atoms with Crippen molar-refractivity contribution in [3.05, 3.63) is 137 Å². The van der Waals surface area contributed by atoms with Crippen molar-refractivity contribution in [2.24, 2.45) is 0 Å². The molecule has 0 aliphatic carbocycles. The van der Waals surface area contributed by atoms with Gasteiger partial charge in [0.2, 0.25) is 15.9 Å². The Morgan fingerprint density at radius 2 is 1.24 bits per heavy atom. The van der Waals surface area contributed by atoms with Gasteiger partial charge >= 0.3 is 0 Å². The molecule has 41 heavy (non-hydrogen) atoms. The number of sulfonamides is 1. The Kier molecular flexibility index (Phi) is 9.52. The highest BCUT2D eigenvalue weighted by Gasteiger charge is 2.32. The van der Waals surface area contributed by atoms with Crippen LogP contribution >= 0.6 is 11.6 Å². The van der Waals surface area contributed by atoms with Crippen molar-refractivity contribution in [3.8, 4) is 0 Å². The number of hydrogen-bond donors (Lipinski definition) is 0. The van der Waals surface area contributed by atoms with Crippen LogP contribution in [0.2, 0.25) is 5.02 Å². The number of rotatable bonds is 10. The minimum absolute atomic E-state index is 0.0855. The first-order valence-electron chi connectivity index (χ1n) is 13.8. The van der Waals surface area contributed by atoms with Crippen LogP contribution in [0.15, 0.2) is 120 Å². The lowest BCUT2D eigenvalue weighted by Gasteiger charge is -2.40. The summed E-state index contributed by atoms with van der Waals surface area (Å²) < 4.78 is 28.6. The summed E-state index contributed by atoms with van der Waals surface area (Å²) in [4.78, 5) is 17.9. The molecule has 4 aromatic carbocycles. The third kappa shape index (κ3) is 7.24. The van der Waals surface area contributed by atoms with E-state index in [0.717, 1.165) is 5.56 Å². The van der Waals surface area contributed by atoms with Crippen LogP contribution in [0.4, 0.5) is 0 Å². The molecule has 6 nitrogen and oxygen atoms in total. The van der Waals surface area contributed by atoms with Crippen molar-refractivity contribution in [1.82, 2.24) is 14.1 Å². The van der Waals surface area contributed by atoms with E-state index in [2.05, 4.69) is 53.4 Å². The number of carbonyl (C=O) groups is 1. The standard InChI is InChI=1S/C33H34ClN3O3S/c34-30-16-18-31(19-17-30)41(39,40)37(21-20-27-10-4-1-5-11-27)26-32(38)35-22-24-36(25-23-35)33(28-12-6-2-7-13-28)29-14-8-3-9-15-29/h1-19,33H,20-26H2. The first-order chi connectivity index (χ1) is 19.9. The number of piperazine rings is 1. The van der Waals surface area contributed by atoms with E-state index in [9.17, 15) is 13.2 Å². The molecule has 4 aromatic rings. The van der Waals surface area contributed by atoms with Crippen molar-refractivity contribution in [3.63, 3.8) is 0 Å². The van der Waals surface area contributed by atoms with E-state index in [1.54, 1.807) is 17.0 Å². The van der Waals surface area contributed by atoms with Gasteiger partial charge in [0.25, 0.3) is 0 Å². The van der Waals surface area contributed by atoms with Crippen LogP contribution in [0, 0.1) is 0 Å². The highest BCUT2D eigenvalue weighted by molar-refractivity contribution is 7.89. The summed E-state index contributed by atoms with van der Waals surface area (Å²) >= 11 is 6.01. The molecule has 1 aliphatic rings. The third-order valence-corrected chi connectivity index (χ3v) is 9.63. The normalized spacial score (nSPS) is 14.5. The van der Waals surface area contributed by atoms with Crippen molar-refractivity contribution >= 4 is 27.5 Å². The zero-order chi connectivity index (χ0) is 28.7. The van der Waals surface area contributed by atoms with Gasteiger partial charge in [-0.25, -0.2) is 8.42 Å². The first kappa shape index (κ1) is 29.0. The molecule has 0 saturated carbocycles. The number of nitrogens with zero attached hydrogens (tertiary/aromatic N) is 3. The van der Waals surface area contributed by atoms with Crippen LogP contribution in [-0.4, -0.2) is 67.7 Å². The predicted molar refractivity (Wildman–Crippen MR) is 163 cm³/mol. The monoisotopic (exact) mass is 587 g/mol. The summed E-state index contributed by atoms with van der Waals surface area (Å²) in [6, 6.07) is 36.7. The summed E-state index contributed by atoms with van der Waals surface area (Å²) in [5, 5.41) is 0.457.